The molecule has 1 N–H and O–H groups in total. The van der Waals surface area contributed by atoms with E-state index in [1.165, 1.54) is 12.1 Å². The van der Waals surface area contributed by atoms with Crippen LogP contribution in [-0.2, 0) is 22.6 Å². The van der Waals surface area contributed by atoms with Crippen LogP contribution in [0.5, 0.6) is 5.75 Å². The van der Waals surface area contributed by atoms with Gasteiger partial charge in [-0.1, -0.05) is 13.0 Å². The first-order valence-corrected chi connectivity index (χ1v) is 11.9. The smallest absolute Gasteiger partial charge is 0.573 e. The van der Waals surface area contributed by atoms with Gasteiger partial charge in [-0.2, -0.15) is 0 Å². The summed E-state index contributed by atoms with van der Waals surface area (Å²) < 4.78 is 56.4. The molecule has 178 valence electrons. The van der Waals surface area contributed by atoms with Crippen molar-refractivity contribution in [3.63, 3.8) is 0 Å². The first-order valence-electron chi connectivity index (χ1n) is 10.8. The van der Waals surface area contributed by atoms with Crippen molar-refractivity contribution in [3.05, 3.63) is 53.6 Å². The molecule has 3 unspecified atom stereocenters. The van der Waals surface area contributed by atoms with Crippen LogP contribution < -0.4 is 9.64 Å². The monoisotopic (exact) mass is 482 g/mol. The number of anilines is 1. The van der Waals surface area contributed by atoms with Crippen LogP contribution in [0, 0.1) is 0 Å². The zero-order valence-corrected chi connectivity index (χ0v) is 18.9. The molecule has 1 aliphatic heterocycles. The number of alkyl halides is 3. The van der Waals surface area contributed by atoms with Crippen LogP contribution in [0.25, 0.3) is 0 Å². The molecule has 2 aromatic carbocycles. The van der Waals surface area contributed by atoms with Crippen LogP contribution in [0.2, 0.25) is 0 Å². The molecule has 6 nitrogen and oxygen atoms in total. The quantitative estimate of drug-likeness (QED) is 0.618. The van der Waals surface area contributed by atoms with E-state index in [9.17, 15) is 27.6 Å². The molecule has 2 aromatic rings. The van der Waals surface area contributed by atoms with Gasteiger partial charge in [-0.3, -0.25) is 4.79 Å². The summed E-state index contributed by atoms with van der Waals surface area (Å²) in [5.74, 6) is -1.68. The Morgan fingerprint density at radius 1 is 1.21 bits per heavy atom. The third-order valence-corrected chi connectivity index (χ3v) is 7.81. The molecule has 0 aromatic heterocycles. The number of carbonyl (C=O) groups is 1. The minimum Gasteiger partial charge on any atom is -0.593 e. The maximum atomic E-state index is 13.4. The summed E-state index contributed by atoms with van der Waals surface area (Å²) >= 11 is -1.44. The number of hydrogen-bond acceptors (Lipinski definition) is 5. The van der Waals surface area contributed by atoms with Gasteiger partial charge < -0.3 is 19.3 Å². The summed E-state index contributed by atoms with van der Waals surface area (Å²) in [5, 5.41) is 9.47. The van der Waals surface area contributed by atoms with Crippen LogP contribution in [0.4, 0.5) is 18.9 Å². The highest BCUT2D eigenvalue weighted by Crippen LogP contribution is 2.36. The van der Waals surface area contributed by atoms with Crippen molar-refractivity contribution in [1.29, 1.82) is 0 Å². The second kappa shape index (κ2) is 9.44. The van der Waals surface area contributed by atoms with E-state index in [0.29, 0.717) is 37.4 Å². The molecule has 2 aliphatic rings. The number of fused-ring (bicyclic) bond motifs is 1. The Kier molecular flexibility index (Phi) is 6.78. The van der Waals surface area contributed by atoms with Crippen molar-refractivity contribution in [2.75, 3.05) is 24.5 Å². The van der Waals surface area contributed by atoms with Crippen LogP contribution in [0.3, 0.4) is 0 Å². The molecular weight excluding hydrogens is 457 g/mol. The third-order valence-electron chi connectivity index (χ3n) is 6.24. The molecule has 3 atom stereocenters. The molecule has 10 heteroatoms. The lowest BCUT2D eigenvalue weighted by Gasteiger charge is -2.41. The lowest BCUT2D eigenvalue weighted by atomic mass is 10.0. The van der Waals surface area contributed by atoms with E-state index in [1.54, 1.807) is 18.2 Å². The van der Waals surface area contributed by atoms with E-state index in [0.717, 1.165) is 23.2 Å². The number of carboxylic acids is 1. The summed E-state index contributed by atoms with van der Waals surface area (Å²) in [7, 11) is 0. The Balaban J connectivity index is 1.46. The second-order valence-corrected chi connectivity index (χ2v) is 9.67. The van der Waals surface area contributed by atoms with E-state index < -0.39 is 29.6 Å². The number of ether oxygens (including phenoxy) is 1. The van der Waals surface area contributed by atoms with Crippen molar-refractivity contribution in [3.8, 4) is 5.75 Å². The highest BCUT2D eigenvalue weighted by atomic mass is 32.2. The Bertz CT molecular complexity index is 1000. The molecule has 0 amide bonds. The second-order valence-electron chi connectivity index (χ2n) is 8.23. The fraction of sp³-hybridized carbons (Fsp3) is 0.435. The molecule has 0 radical (unpaired) electrons. The minimum atomic E-state index is -4.73. The summed E-state index contributed by atoms with van der Waals surface area (Å²) in [4.78, 5) is 14.2. The van der Waals surface area contributed by atoms with E-state index >= 15 is 0 Å². The third kappa shape index (κ3) is 5.23. The van der Waals surface area contributed by atoms with Gasteiger partial charge in [-0.15, -0.1) is 17.5 Å². The van der Waals surface area contributed by atoms with Gasteiger partial charge in [0.1, 0.15) is 5.75 Å². The summed E-state index contributed by atoms with van der Waals surface area (Å²) in [5.41, 5.74) is 2.52. The molecule has 0 saturated carbocycles. The molecule has 33 heavy (non-hydrogen) atoms. The zero-order chi connectivity index (χ0) is 23.8. The highest BCUT2D eigenvalue weighted by molar-refractivity contribution is 7.89. The van der Waals surface area contributed by atoms with Gasteiger partial charge in [0.25, 0.3) is 0 Å². The lowest BCUT2D eigenvalue weighted by Crippen LogP contribution is -2.55. The molecule has 1 fully saturated rings. The van der Waals surface area contributed by atoms with Crippen molar-refractivity contribution in [2.24, 2.45) is 0 Å². The Morgan fingerprint density at radius 2 is 1.94 bits per heavy atom. The SMILES string of the molecule is CCC1CN(c2ccc(OC(F)(F)F)cc2)CCN1[S+]([O-])c1ccc2c(c1)C(C(=O)O)CC2. The van der Waals surface area contributed by atoms with Crippen molar-refractivity contribution >= 4 is 23.0 Å². The van der Waals surface area contributed by atoms with E-state index in [1.807, 2.05) is 23.4 Å². The minimum absolute atomic E-state index is 0.0331. The average molecular weight is 483 g/mol. The topological polar surface area (TPSA) is 76.1 Å². The van der Waals surface area contributed by atoms with Crippen LogP contribution in [-0.4, -0.2) is 52.0 Å². The van der Waals surface area contributed by atoms with Gasteiger partial charge in [0.2, 0.25) is 0 Å². The van der Waals surface area contributed by atoms with Gasteiger partial charge in [-0.25, -0.2) is 0 Å². The number of nitrogens with zero attached hydrogens (tertiary/aromatic N) is 2. The predicted molar refractivity (Wildman–Crippen MR) is 118 cm³/mol. The van der Waals surface area contributed by atoms with Crippen molar-refractivity contribution in [2.45, 2.75) is 49.4 Å². The Hall–Kier alpha value is -2.43. The van der Waals surface area contributed by atoms with Crippen molar-refractivity contribution < 1.29 is 32.4 Å². The van der Waals surface area contributed by atoms with E-state index in [-0.39, 0.29) is 11.8 Å². The molecule has 0 bridgehead atoms. The first kappa shape index (κ1) is 23.7. The molecule has 1 aliphatic carbocycles. The number of aryl methyl sites for hydroxylation is 1. The van der Waals surface area contributed by atoms with Gasteiger partial charge in [0.05, 0.1) is 29.9 Å². The largest absolute Gasteiger partial charge is 0.593 e. The number of carboxylic acid groups (broad SMARTS) is 1. The molecule has 1 heterocycles. The maximum Gasteiger partial charge on any atom is 0.573 e. The predicted octanol–water partition coefficient (Wildman–Crippen LogP) is 4.32. The first-order chi connectivity index (χ1) is 15.7. The number of halogens is 3. The zero-order valence-electron chi connectivity index (χ0n) is 18.0. The van der Waals surface area contributed by atoms with Crippen LogP contribution >= 0.6 is 0 Å². The molecule has 1 saturated heterocycles. The molecule has 4 rings (SSSR count). The number of rotatable bonds is 6. The van der Waals surface area contributed by atoms with Gasteiger partial charge in [-0.05, 0) is 66.8 Å². The Morgan fingerprint density at radius 3 is 2.58 bits per heavy atom. The standard InChI is InChI=1S/C23H25F3N2O4S/c1-2-16-14-27(17-5-7-18(8-6-17)32-23(24,25)26)11-12-28(16)33(31)19-9-3-15-4-10-20(22(29)30)21(15)13-19/h3,5-9,13,16,20H,2,4,10-12,14H2,1H3,(H,29,30). The number of piperazine rings is 1. The number of hydrogen-bond donors (Lipinski definition) is 1. The van der Waals surface area contributed by atoms with Gasteiger partial charge in [0, 0.05) is 18.8 Å². The van der Waals surface area contributed by atoms with E-state index in [2.05, 4.69) is 9.64 Å². The number of benzene rings is 2. The van der Waals surface area contributed by atoms with E-state index in [4.69, 9.17) is 0 Å². The fourth-order valence-electron chi connectivity index (χ4n) is 4.56. The van der Waals surface area contributed by atoms with Gasteiger partial charge in [0.15, 0.2) is 4.90 Å². The molecule has 0 spiro atoms. The normalized spacial score (nSPS) is 22.2. The average Bonchev–Trinajstić information content (AvgIpc) is 3.21. The van der Waals surface area contributed by atoms with Crippen LogP contribution in [0.15, 0.2) is 47.4 Å². The highest BCUT2D eigenvalue weighted by Gasteiger charge is 2.37. The van der Waals surface area contributed by atoms with Crippen LogP contribution in [0.1, 0.15) is 36.8 Å². The Labute approximate surface area is 193 Å². The van der Waals surface area contributed by atoms with Gasteiger partial charge >= 0.3 is 12.3 Å². The fourth-order valence-corrected chi connectivity index (χ4v) is 5.98. The summed E-state index contributed by atoms with van der Waals surface area (Å²) in [6.07, 6.45) is -2.72. The van der Waals surface area contributed by atoms with Crippen molar-refractivity contribution in [1.82, 2.24) is 4.31 Å². The molecular formula is C23H25F3N2O4S. The summed E-state index contributed by atoms with van der Waals surface area (Å²) in [6, 6.07) is 11.2. The summed E-state index contributed by atoms with van der Waals surface area (Å²) in [6.45, 7) is 3.64. The lowest BCUT2D eigenvalue weighted by molar-refractivity contribution is -0.274. The number of aliphatic carboxylic acids is 1. The maximum absolute atomic E-state index is 13.4.